The summed E-state index contributed by atoms with van der Waals surface area (Å²) in [5.41, 5.74) is -2.04. The number of hydrogen-bond acceptors (Lipinski definition) is 7. The Morgan fingerprint density at radius 3 is 2.52 bits per heavy atom. The first-order valence-electron chi connectivity index (χ1n) is 14.6. The molecular formula is C33H38F4N4O5. The Bertz CT molecular complexity index is 1690. The van der Waals surface area contributed by atoms with Crippen LogP contribution in [0, 0.1) is 12.7 Å². The number of nitrogens with one attached hydrogen (secondary N) is 2. The zero-order chi connectivity index (χ0) is 33.9. The molecule has 0 aliphatic heterocycles. The molecule has 5 N–H and O–H groups in total. The molecule has 3 aromatic carbocycles. The largest absolute Gasteiger partial charge is 0.496 e. The van der Waals surface area contributed by atoms with E-state index >= 15 is 0 Å². The van der Waals surface area contributed by atoms with Crippen LogP contribution in [0.2, 0.25) is 0 Å². The molecule has 0 saturated carbocycles. The van der Waals surface area contributed by atoms with Gasteiger partial charge in [0, 0.05) is 35.4 Å². The van der Waals surface area contributed by atoms with Crippen molar-refractivity contribution in [2.24, 2.45) is 0 Å². The number of aliphatic hydroxyl groups excluding tert-OH is 2. The normalized spacial score (nSPS) is 14.2. The Hall–Kier alpha value is -4.20. The van der Waals surface area contributed by atoms with Crippen LogP contribution in [-0.2, 0) is 5.41 Å². The number of hydrogen-bond donors (Lipinski definition) is 5. The highest BCUT2D eigenvalue weighted by Crippen LogP contribution is 2.44. The van der Waals surface area contributed by atoms with Crippen LogP contribution in [-0.4, -0.2) is 75.7 Å². The summed E-state index contributed by atoms with van der Waals surface area (Å²) in [7, 11) is 1.34. The first-order chi connectivity index (χ1) is 21.6. The zero-order valence-corrected chi connectivity index (χ0v) is 26.0. The molecule has 9 nitrogen and oxygen atoms in total. The van der Waals surface area contributed by atoms with Crippen LogP contribution in [0.25, 0.3) is 16.6 Å². The quantitative estimate of drug-likeness (QED) is 0.129. The second-order valence-electron chi connectivity index (χ2n) is 12.0. The maximum Gasteiger partial charge on any atom is 0.418 e. The Kier molecular flexibility index (Phi) is 10.3. The zero-order valence-electron chi connectivity index (χ0n) is 26.0. The molecule has 1 heterocycles. The van der Waals surface area contributed by atoms with Crippen LogP contribution in [0.15, 0.2) is 60.8 Å². The lowest BCUT2D eigenvalue weighted by Gasteiger charge is -2.38. The maximum atomic E-state index is 14.5. The molecule has 0 saturated heterocycles. The van der Waals surface area contributed by atoms with Gasteiger partial charge in [-0.2, -0.15) is 18.3 Å². The number of aromatic nitrogens is 2. The van der Waals surface area contributed by atoms with Gasteiger partial charge in [-0.3, -0.25) is 4.79 Å². The standard InChI is InChI=1S/C33H38F4N4O5/c1-20-12-27(39-19-32(45,33(35,36)37)18-31(2,3)26-15-22(34)8-9-29(26)46-4)25-17-40-41(28(25)13-20)23-7-5-6-21(14-23)30(44)38-16-24(43)10-11-42/h5-9,12-15,17,24,39,42-43,45H,10-11,16,18-19H2,1-4H3,(H,38,44)/t24-,32?/m1/s1. The van der Waals surface area contributed by atoms with Crippen molar-refractivity contribution < 1.29 is 42.4 Å². The van der Waals surface area contributed by atoms with Gasteiger partial charge < -0.3 is 30.7 Å². The highest BCUT2D eigenvalue weighted by Gasteiger charge is 2.56. The number of methoxy groups -OCH3 is 1. The minimum absolute atomic E-state index is 0.0419. The number of carbonyl (C=O) groups is 1. The average molecular weight is 647 g/mol. The molecule has 0 aliphatic carbocycles. The number of aliphatic hydroxyl groups is 3. The number of fused-ring (bicyclic) bond motifs is 1. The van der Waals surface area contributed by atoms with Crippen molar-refractivity contribution in [2.75, 3.05) is 32.1 Å². The van der Waals surface area contributed by atoms with Crippen LogP contribution >= 0.6 is 0 Å². The van der Waals surface area contributed by atoms with E-state index in [1.165, 1.54) is 33.2 Å². The van der Waals surface area contributed by atoms with Crippen LogP contribution in [0.3, 0.4) is 0 Å². The van der Waals surface area contributed by atoms with Gasteiger partial charge in [0.2, 0.25) is 0 Å². The summed E-state index contributed by atoms with van der Waals surface area (Å²) < 4.78 is 64.4. The predicted octanol–water partition coefficient (Wildman–Crippen LogP) is 5.03. The molecule has 0 spiro atoms. The SMILES string of the molecule is COc1ccc(F)cc1C(C)(C)CC(O)(CNc1cc(C)cc2c1cnn2-c1cccc(C(=O)NC[C@H](O)CCO)c1)C(F)(F)F. The Labute approximate surface area is 263 Å². The van der Waals surface area contributed by atoms with E-state index in [1.54, 1.807) is 48.0 Å². The number of rotatable bonds is 13. The van der Waals surface area contributed by atoms with Crippen molar-refractivity contribution >= 4 is 22.5 Å². The predicted molar refractivity (Wildman–Crippen MR) is 166 cm³/mol. The number of nitrogens with zero attached hydrogens (tertiary/aromatic N) is 2. The molecule has 1 aromatic heterocycles. The summed E-state index contributed by atoms with van der Waals surface area (Å²) in [6.07, 6.45) is -5.14. The van der Waals surface area contributed by atoms with Crippen molar-refractivity contribution in [3.05, 3.63) is 83.3 Å². The van der Waals surface area contributed by atoms with Gasteiger partial charge in [-0.05, 0) is 79.3 Å². The molecule has 4 rings (SSSR count). The van der Waals surface area contributed by atoms with Crippen molar-refractivity contribution in [3.8, 4) is 11.4 Å². The maximum absolute atomic E-state index is 14.5. The van der Waals surface area contributed by atoms with E-state index in [9.17, 15) is 32.6 Å². The fourth-order valence-corrected chi connectivity index (χ4v) is 5.50. The fraction of sp³-hybridized carbons (Fsp3) is 0.394. The lowest BCUT2D eigenvalue weighted by molar-refractivity contribution is -0.260. The van der Waals surface area contributed by atoms with Crippen molar-refractivity contribution in [1.82, 2.24) is 15.1 Å². The van der Waals surface area contributed by atoms with Gasteiger partial charge in [0.1, 0.15) is 11.6 Å². The first kappa shape index (κ1) is 34.7. The fourth-order valence-electron chi connectivity index (χ4n) is 5.50. The second kappa shape index (κ2) is 13.7. The van der Waals surface area contributed by atoms with Gasteiger partial charge in [-0.15, -0.1) is 0 Å². The number of halogens is 4. The van der Waals surface area contributed by atoms with Gasteiger partial charge >= 0.3 is 6.18 Å². The first-order valence-corrected chi connectivity index (χ1v) is 14.6. The van der Waals surface area contributed by atoms with Gasteiger partial charge in [0.05, 0.1) is 37.2 Å². The molecule has 0 radical (unpaired) electrons. The van der Waals surface area contributed by atoms with Gasteiger partial charge in [0.25, 0.3) is 5.91 Å². The molecule has 0 aliphatic rings. The number of aryl methyl sites for hydroxylation is 1. The van der Waals surface area contributed by atoms with E-state index in [2.05, 4.69) is 15.7 Å². The molecule has 46 heavy (non-hydrogen) atoms. The Morgan fingerprint density at radius 1 is 1.11 bits per heavy atom. The lowest BCUT2D eigenvalue weighted by atomic mass is 9.74. The van der Waals surface area contributed by atoms with Crippen molar-refractivity contribution in [1.29, 1.82) is 0 Å². The molecule has 1 unspecified atom stereocenters. The molecule has 4 aromatic rings. The number of alkyl halides is 3. The van der Waals surface area contributed by atoms with Crippen LogP contribution < -0.4 is 15.4 Å². The third kappa shape index (κ3) is 7.60. The summed E-state index contributed by atoms with van der Waals surface area (Å²) in [6.45, 7) is 3.58. The highest BCUT2D eigenvalue weighted by atomic mass is 19.4. The van der Waals surface area contributed by atoms with E-state index in [0.29, 0.717) is 27.8 Å². The molecule has 1 amide bonds. The monoisotopic (exact) mass is 646 g/mol. The minimum atomic E-state index is -5.04. The van der Waals surface area contributed by atoms with Crippen LogP contribution in [0.1, 0.15) is 48.2 Å². The molecule has 0 fully saturated rings. The van der Waals surface area contributed by atoms with E-state index in [-0.39, 0.29) is 36.4 Å². The van der Waals surface area contributed by atoms with E-state index in [0.717, 1.165) is 12.1 Å². The molecule has 13 heteroatoms. The third-order valence-electron chi connectivity index (χ3n) is 7.87. The Balaban J connectivity index is 1.62. The number of benzene rings is 3. The Morgan fingerprint density at radius 2 is 1.85 bits per heavy atom. The van der Waals surface area contributed by atoms with Crippen LogP contribution in [0.5, 0.6) is 5.75 Å². The summed E-state index contributed by atoms with van der Waals surface area (Å²) in [6, 6.07) is 13.6. The van der Waals surface area contributed by atoms with Crippen molar-refractivity contribution in [3.63, 3.8) is 0 Å². The minimum Gasteiger partial charge on any atom is -0.496 e. The van der Waals surface area contributed by atoms with Crippen LogP contribution in [0.4, 0.5) is 23.2 Å². The summed E-state index contributed by atoms with van der Waals surface area (Å²) in [5.74, 6) is -0.878. The average Bonchev–Trinajstić information content (AvgIpc) is 3.42. The molecule has 248 valence electrons. The van der Waals surface area contributed by atoms with E-state index < -0.39 is 48.0 Å². The number of amides is 1. The topological polar surface area (TPSA) is 129 Å². The smallest absolute Gasteiger partial charge is 0.418 e. The highest BCUT2D eigenvalue weighted by molar-refractivity contribution is 5.96. The molecular weight excluding hydrogens is 608 g/mol. The number of ether oxygens (including phenoxy) is 1. The van der Waals surface area contributed by atoms with Crippen molar-refractivity contribution in [2.45, 2.75) is 56.9 Å². The third-order valence-corrected chi connectivity index (χ3v) is 7.87. The van der Waals surface area contributed by atoms with Gasteiger partial charge in [-0.1, -0.05) is 19.9 Å². The lowest BCUT2D eigenvalue weighted by Crippen LogP contribution is -2.53. The molecule has 2 atom stereocenters. The number of anilines is 1. The van der Waals surface area contributed by atoms with E-state index in [1.807, 2.05) is 0 Å². The second-order valence-corrected chi connectivity index (χ2v) is 12.0. The molecule has 0 bridgehead atoms. The summed E-state index contributed by atoms with van der Waals surface area (Å²) in [5, 5.41) is 40.2. The summed E-state index contributed by atoms with van der Waals surface area (Å²) in [4.78, 5) is 12.7. The number of carbonyl (C=O) groups excluding carboxylic acids is 1. The van der Waals surface area contributed by atoms with Gasteiger partial charge in [-0.25, -0.2) is 9.07 Å². The van der Waals surface area contributed by atoms with E-state index in [4.69, 9.17) is 9.84 Å². The summed E-state index contributed by atoms with van der Waals surface area (Å²) >= 11 is 0. The van der Waals surface area contributed by atoms with Gasteiger partial charge in [0.15, 0.2) is 5.60 Å².